The largest absolute Gasteiger partial charge is 0.496 e. The summed E-state index contributed by atoms with van der Waals surface area (Å²) in [5.74, 6) is 1.55. The molecular formula is C15H20BrClO3. The Bertz CT molecular complexity index is 447. The van der Waals surface area contributed by atoms with Gasteiger partial charge in [-0.05, 0) is 53.7 Å². The van der Waals surface area contributed by atoms with Gasteiger partial charge in [0.2, 0.25) is 0 Å². The summed E-state index contributed by atoms with van der Waals surface area (Å²) in [4.78, 5) is 0. The Morgan fingerprint density at radius 3 is 2.70 bits per heavy atom. The van der Waals surface area contributed by atoms with Crippen LogP contribution in [0.25, 0.3) is 0 Å². The van der Waals surface area contributed by atoms with Crippen LogP contribution in [0.15, 0.2) is 16.6 Å². The molecule has 1 aromatic rings. The lowest BCUT2D eigenvalue weighted by Gasteiger charge is -2.17. The molecule has 0 N–H and O–H groups in total. The van der Waals surface area contributed by atoms with Crippen molar-refractivity contribution >= 4 is 27.5 Å². The molecule has 0 amide bonds. The van der Waals surface area contributed by atoms with Gasteiger partial charge in [-0.1, -0.05) is 0 Å². The molecule has 1 aromatic carbocycles. The highest BCUT2D eigenvalue weighted by Crippen LogP contribution is 2.40. The molecule has 0 bridgehead atoms. The summed E-state index contributed by atoms with van der Waals surface area (Å²) >= 11 is 10.00. The second-order valence-electron chi connectivity index (χ2n) is 4.91. The summed E-state index contributed by atoms with van der Waals surface area (Å²) in [5.41, 5.74) is 0.965. The van der Waals surface area contributed by atoms with Gasteiger partial charge in [0, 0.05) is 12.2 Å². The standard InChI is InChI=1S/C15H20BrClO3/c1-18-14-9-12(16)15(19-2)8-11(14)13(17)6-5-10-4-3-7-20-10/h8-10,13H,3-7H2,1-2H3. The molecule has 0 saturated carbocycles. The second-order valence-corrected chi connectivity index (χ2v) is 6.29. The minimum atomic E-state index is -0.101. The molecule has 20 heavy (non-hydrogen) atoms. The number of methoxy groups -OCH3 is 2. The number of benzene rings is 1. The minimum absolute atomic E-state index is 0.101. The summed E-state index contributed by atoms with van der Waals surface area (Å²) < 4.78 is 17.2. The van der Waals surface area contributed by atoms with Crippen LogP contribution >= 0.6 is 27.5 Å². The van der Waals surface area contributed by atoms with E-state index in [0.717, 1.165) is 53.8 Å². The molecule has 0 spiro atoms. The zero-order valence-corrected chi connectivity index (χ0v) is 14.2. The maximum Gasteiger partial charge on any atom is 0.133 e. The quantitative estimate of drug-likeness (QED) is 0.685. The van der Waals surface area contributed by atoms with Crippen LogP contribution in [0.5, 0.6) is 11.5 Å². The number of hydrogen-bond acceptors (Lipinski definition) is 3. The third kappa shape index (κ3) is 3.80. The second kappa shape index (κ2) is 7.53. The number of halogens is 2. The van der Waals surface area contributed by atoms with Gasteiger partial charge in [-0.2, -0.15) is 0 Å². The van der Waals surface area contributed by atoms with E-state index < -0.39 is 0 Å². The Hall–Kier alpha value is -0.450. The van der Waals surface area contributed by atoms with Gasteiger partial charge in [-0.25, -0.2) is 0 Å². The molecule has 112 valence electrons. The smallest absolute Gasteiger partial charge is 0.133 e. The first-order chi connectivity index (χ1) is 9.65. The Balaban J connectivity index is 2.08. The number of hydrogen-bond donors (Lipinski definition) is 0. The molecule has 5 heteroatoms. The molecule has 0 radical (unpaired) electrons. The maximum absolute atomic E-state index is 6.54. The number of ether oxygens (including phenoxy) is 3. The number of alkyl halides is 1. The van der Waals surface area contributed by atoms with E-state index in [1.165, 1.54) is 0 Å². The van der Waals surface area contributed by atoms with E-state index in [9.17, 15) is 0 Å². The van der Waals surface area contributed by atoms with Crippen molar-refractivity contribution in [2.75, 3.05) is 20.8 Å². The maximum atomic E-state index is 6.54. The molecule has 1 fully saturated rings. The van der Waals surface area contributed by atoms with Gasteiger partial charge in [0.1, 0.15) is 11.5 Å². The normalized spacial score (nSPS) is 19.9. The Morgan fingerprint density at radius 2 is 2.10 bits per heavy atom. The van der Waals surface area contributed by atoms with Crippen LogP contribution in [0, 0.1) is 0 Å². The minimum Gasteiger partial charge on any atom is -0.496 e. The fraction of sp³-hybridized carbons (Fsp3) is 0.600. The van der Waals surface area contributed by atoms with Crippen molar-refractivity contribution in [3.63, 3.8) is 0 Å². The molecular weight excluding hydrogens is 344 g/mol. The summed E-state index contributed by atoms with van der Waals surface area (Å²) in [6.45, 7) is 0.882. The van der Waals surface area contributed by atoms with Gasteiger partial charge in [0.15, 0.2) is 0 Å². The SMILES string of the molecule is COc1cc(C(Cl)CCC2CCCO2)c(OC)cc1Br. The first kappa shape index (κ1) is 15.9. The summed E-state index contributed by atoms with van der Waals surface area (Å²) in [5, 5.41) is -0.101. The van der Waals surface area contributed by atoms with Crippen molar-refractivity contribution in [1.82, 2.24) is 0 Å². The molecule has 2 rings (SSSR count). The zero-order chi connectivity index (χ0) is 14.5. The summed E-state index contributed by atoms with van der Waals surface area (Å²) in [6.07, 6.45) is 4.51. The zero-order valence-electron chi connectivity index (χ0n) is 11.8. The van der Waals surface area contributed by atoms with E-state index in [-0.39, 0.29) is 5.38 Å². The van der Waals surface area contributed by atoms with Gasteiger partial charge >= 0.3 is 0 Å². The molecule has 0 aromatic heterocycles. The van der Waals surface area contributed by atoms with E-state index in [2.05, 4.69) is 15.9 Å². The van der Waals surface area contributed by atoms with Crippen molar-refractivity contribution < 1.29 is 14.2 Å². The molecule has 3 nitrogen and oxygen atoms in total. The van der Waals surface area contributed by atoms with Crippen LogP contribution in [0.4, 0.5) is 0 Å². The molecule has 1 aliphatic heterocycles. The molecule has 2 unspecified atom stereocenters. The van der Waals surface area contributed by atoms with E-state index in [4.69, 9.17) is 25.8 Å². The lowest BCUT2D eigenvalue weighted by atomic mass is 10.0. The molecule has 1 aliphatic rings. The van der Waals surface area contributed by atoms with Crippen molar-refractivity contribution in [1.29, 1.82) is 0 Å². The predicted molar refractivity (Wildman–Crippen MR) is 84.0 cm³/mol. The van der Waals surface area contributed by atoms with Crippen molar-refractivity contribution in [3.05, 3.63) is 22.2 Å². The van der Waals surface area contributed by atoms with Crippen LogP contribution < -0.4 is 9.47 Å². The molecule has 2 atom stereocenters. The first-order valence-corrected chi connectivity index (χ1v) is 8.05. The predicted octanol–water partition coefficient (Wildman–Crippen LogP) is 4.71. The first-order valence-electron chi connectivity index (χ1n) is 6.82. The Labute approximate surface area is 133 Å². The van der Waals surface area contributed by atoms with Crippen molar-refractivity contribution in [2.45, 2.75) is 37.2 Å². The lowest BCUT2D eigenvalue weighted by Crippen LogP contribution is -2.06. The van der Waals surface area contributed by atoms with E-state index in [1.54, 1.807) is 14.2 Å². The highest BCUT2D eigenvalue weighted by molar-refractivity contribution is 9.10. The fourth-order valence-electron chi connectivity index (χ4n) is 2.49. The third-order valence-corrected chi connectivity index (χ3v) is 4.68. The van der Waals surface area contributed by atoms with Crippen molar-refractivity contribution in [3.8, 4) is 11.5 Å². The number of rotatable bonds is 6. The highest BCUT2D eigenvalue weighted by atomic mass is 79.9. The topological polar surface area (TPSA) is 27.7 Å². The Morgan fingerprint density at radius 1 is 1.35 bits per heavy atom. The van der Waals surface area contributed by atoms with Crippen LogP contribution in [-0.4, -0.2) is 26.9 Å². The van der Waals surface area contributed by atoms with E-state index in [0.29, 0.717) is 6.10 Å². The molecule has 1 saturated heterocycles. The van der Waals surface area contributed by atoms with E-state index in [1.807, 2.05) is 12.1 Å². The Kier molecular flexibility index (Phi) is 6.00. The van der Waals surface area contributed by atoms with Gasteiger partial charge < -0.3 is 14.2 Å². The molecule has 1 heterocycles. The van der Waals surface area contributed by atoms with Gasteiger partial charge in [0.25, 0.3) is 0 Å². The monoisotopic (exact) mass is 362 g/mol. The van der Waals surface area contributed by atoms with Gasteiger partial charge in [-0.3, -0.25) is 0 Å². The highest BCUT2D eigenvalue weighted by Gasteiger charge is 2.21. The lowest BCUT2D eigenvalue weighted by molar-refractivity contribution is 0.102. The van der Waals surface area contributed by atoms with Gasteiger partial charge in [0.05, 0.1) is 30.2 Å². The van der Waals surface area contributed by atoms with Crippen LogP contribution in [-0.2, 0) is 4.74 Å². The average Bonchev–Trinajstić information content (AvgIpc) is 2.97. The third-order valence-electron chi connectivity index (χ3n) is 3.61. The van der Waals surface area contributed by atoms with Crippen molar-refractivity contribution in [2.24, 2.45) is 0 Å². The van der Waals surface area contributed by atoms with Crippen LogP contribution in [0.2, 0.25) is 0 Å². The fourth-order valence-corrected chi connectivity index (χ4v) is 3.27. The van der Waals surface area contributed by atoms with Gasteiger partial charge in [-0.15, -0.1) is 11.6 Å². The van der Waals surface area contributed by atoms with E-state index >= 15 is 0 Å². The summed E-state index contributed by atoms with van der Waals surface area (Å²) in [7, 11) is 3.30. The van der Waals surface area contributed by atoms with Crippen LogP contribution in [0.3, 0.4) is 0 Å². The van der Waals surface area contributed by atoms with Crippen LogP contribution in [0.1, 0.15) is 36.6 Å². The summed E-state index contributed by atoms with van der Waals surface area (Å²) in [6, 6.07) is 3.84. The average molecular weight is 364 g/mol. The molecule has 0 aliphatic carbocycles.